The van der Waals surface area contributed by atoms with E-state index in [0.717, 1.165) is 22.0 Å². The first-order chi connectivity index (χ1) is 17.7. The number of aryl methyl sites for hydroxylation is 1. The van der Waals surface area contributed by atoms with Crippen molar-refractivity contribution in [3.63, 3.8) is 0 Å². The minimum Gasteiger partial charge on any atom is -0.497 e. The summed E-state index contributed by atoms with van der Waals surface area (Å²) in [6.07, 6.45) is 1.57. The van der Waals surface area contributed by atoms with E-state index in [4.69, 9.17) is 14.2 Å². The van der Waals surface area contributed by atoms with Crippen LogP contribution in [0.2, 0.25) is 0 Å². The molecule has 3 rings (SSSR count). The zero-order valence-electron chi connectivity index (χ0n) is 21.6. The van der Waals surface area contributed by atoms with Crippen LogP contribution in [0.4, 0.5) is 5.69 Å². The van der Waals surface area contributed by atoms with Crippen LogP contribution in [0, 0.1) is 0 Å². The summed E-state index contributed by atoms with van der Waals surface area (Å²) in [5.74, 6) is 1.14. The van der Waals surface area contributed by atoms with Crippen LogP contribution in [-0.4, -0.2) is 47.7 Å². The number of amides is 1. The number of methoxy groups -OCH3 is 2. The number of hydrogen-bond acceptors (Lipinski definition) is 6. The smallest absolute Gasteiger partial charge is 0.264 e. The predicted octanol–water partition coefficient (Wildman–Crippen LogP) is 4.44. The molecule has 1 N–H and O–H groups in total. The third-order valence-corrected chi connectivity index (χ3v) is 7.31. The van der Waals surface area contributed by atoms with Gasteiger partial charge in [0, 0.05) is 12.6 Å². The minimum absolute atomic E-state index is 0.0672. The van der Waals surface area contributed by atoms with Crippen molar-refractivity contribution in [2.75, 3.05) is 31.6 Å². The first kappa shape index (κ1) is 27.9. The van der Waals surface area contributed by atoms with E-state index in [1.807, 2.05) is 38.1 Å². The maximum Gasteiger partial charge on any atom is 0.264 e. The lowest BCUT2D eigenvalue weighted by atomic mass is 10.1. The lowest BCUT2D eigenvalue weighted by molar-refractivity contribution is -0.119. The van der Waals surface area contributed by atoms with E-state index in [1.165, 1.54) is 26.4 Å². The van der Waals surface area contributed by atoms with E-state index in [9.17, 15) is 13.2 Å². The Morgan fingerprint density at radius 2 is 1.59 bits per heavy atom. The van der Waals surface area contributed by atoms with Crippen LogP contribution in [0.15, 0.2) is 77.7 Å². The number of anilines is 1. The first-order valence-electron chi connectivity index (χ1n) is 12.1. The quantitative estimate of drug-likeness (QED) is 0.331. The molecule has 8 nitrogen and oxygen atoms in total. The zero-order chi connectivity index (χ0) is 26.8. The molecule has 1 amide bonds. The highest BCUT2D eigenvalue weighted by Gasteiger charge is 2.29. The molecule has 0 aromatic heterocycles. The fourth-order valence-electron chi connectivity index (χ4n) is 3.72. The van der Waals surface area contributed by atoms with Gasteiger partial charge in [-0.15, -0.1) is 0 Å². The fraction of sp³-hybridized carbons (Fsp3) is 0.321. The van der Waals surface area contributed by atoms with Crippen LogP contribution in [-0.2, 0) is 21.2 Å². The van der Waals surface area contributed by atoms with E-state index in [1.54, 1.807) is 36.4 Å². The average Bonchev–Trinajstić information content (AvgIpc) is 2.90. The molecular weight excluding hydrogens is 492 g/mol. The van der Waals surface area contributed by atoms with Gasteiger partial charge in [-0.1, -0.05) is 30.3 Å². The lowest BCUT2D eigenvalue weighted by Gasteiger charge is -2.26. The maximum absolute atomic E-state index is 13.6. The van der Waals surface area contributed by atoms with Crippen LogP contribution in [0.25, 0.3) is 0 Å². The molecule has 0 unspecified atom stereocenters. The number of carbonyl (C=O) groups excluding carboxylic acids is 1. The van der Waals surface area contributed by atoms with Gasteiger partial charge < -0.3 is 19.5 Å². The molecule has 37 heavy (non-hydrogen) atoms. The number of nitrogens with one attached hydrogen (secondary N) is 1. The van der Waals surface area contributed by atoms with Gasteiger partial charge in [0.15, 0.2) is 0 Å². The van der Waals surface area contributed by atoms with Gasteiger partial charge >= 0.3 is 0 Å². The van der Waals surface area contributed by atoms with Gasteiger partial charge in [0.1, 0.15) is 23.8 Å². The van der Waals surface area contributed by atoms with E-state index in [0.29, 0.717) is 24.5 Å². The summed E-state index contributed by atoms with van der Waals surface area (Å²) in [5, 5.41) is 2.84. The van der Waals surface area contributed by atoms with Gasteiger partial charge in [0.2, 0.25) is 5.91 Å². The third kappa shape index (κ3) is 7.63. The Balaban J connectivity index is 1.71. The van der Waals surface area contributed by atoms with Crippen molar-refractivity contribution < 1.29 is 27.4 Å². The van der Waals surface area contributed by atoms with Crippen molar-refractivity contribution in [1.29, 1.82) is 0 Å². The Morgan fingerprint density at radius 3 is 2.22 bits per heavy atom. The van der Waals surface area contributed by atoms with Crippen molar-refractivity contribution in [2.45, 2.75) is 37.7 Å². The molecule has 0 atom stereocenters. The maximum atomic E-state index is 13.6. The zero-order valence-corrected chi connectivity index (χ0v) is 22.5. The minimum atomic E-state index is -4.07. The van der Waals surface area contributed by atoms with Crippen LogP contribution in [0.1, 0.15) is 25.8 Å². The van der Waals surface area contributed by atoms with E-state index in [-0.39, 0.29) is 16.7 Å². The van der Waals surface area contributed by atoms with Crippen LogP contribution in [0.5, 0.6) is 17.2 Å². The predicted molar refractivity (Wildman–Crippen MR) is 144 cm³/mol. The highest BCUT2D eigenvalue weighted by molar-refractivity contribution is 7.92. The Hall–Kier alpha value is -3.72. The van der Waals surface area contributed by atoms with Gasteiger partial charge in [-0.25, -0.2) is 8.42 Å². The number of sulfonamides is 1. The molecule has 9 heteroatoms. The fourth-order valence-corrected chi connectivity index (χ4v) is 5.17. The topological polar surface area (TPSA) is 94.2 Å². The Bertz CT molecular complexity index is 1260. The number of carbonyl (C=O) groups is 1. The van der Waals surface area contributed by atoms with Gasteiger partial charge in [0.25, 0.3) is 10.0 Å². The monoisotopic (exact) mass is 526 g/mol. The highest BCUT2D eigenvalue weighted by Crippen LogP contribution is 2.35. The second kappa shape index (κ2) is 13.0. The molecule has 0 spiro atoms. The molecule has 0 fully saturated rings. The van der Waals surface area contributed by atoms with Crippen LogP contribution in [0.3, 0.4) is 0 Å². The largest absolute Gasteiger partial charge is 0.497 e. The van der Waals surface area contributed by atoms with Gasteiger partial charge in [-0.2, -0.15) is 0 Å². The summed E-state index contributed by atoms with van der Waals surface area (Å²) in [7, 11) is -1.14. The third-order valence-electron chi connectivity index (χ3n) is 5.53. The molecular formula is C28H34N2O6S. The van der Waals surface area contributed by atoms with Crippen LogP contribution < -0.4 is 23.8 Å². The number of hydrogen-bond donors (Lipinski definition) is 1. The van der Waals surface area contributed by atoms with Crippen molar-refractivity contribution in [3.05, 3.63) is 78.4 Å². The highest BCUT2D eigenvalue weighted by atomic mass is 32.2. The second-order valence-corrected chi connectivity index (χ2v) is 10.5. The molecule has 3 aromatic rings. The van der Waals surface area contributed by atoms with Crippen molar-refractivity contribution in [1.82, 2.24) is 5.32 Å². The summed E-state index contributed by atoms with van der Waals surface area (Å²) in [5.41, 5.74) is 1.34. The Kier molecular flexibility index (Phi) is 9.79. The molecule has 198 valence electrons. The SMILES string of the molecule is COc1ccc(OC)c(N(CC(=O)NCCCc2ccc(OC(C)C)cc2)S(=O)(=O)c2ccccc2)c1. The van der Waals surface area contributed by atoms with Gasteiger partial charge in [-0.3, -0.25) is 9.10 Å². The van der Waals surface area contributed by atoms with E-state index < -0.39 is 22.5 Å². The van der Waals surface area contributed by atoms with Gasteiger partial charge in [-0.05, 0) is 68.7 Å². The normalized spacial score (nSPS) is 11.2. The summed E-state index contributed by atoms with van der Waals surface area (Å²) in [6.45, 7) is 3.94. The molecule has 0 saturated carbocycles. The van der Waals surface area contributed by atoms with Crippen LogP contribution >= 0.6 is 0 Å². The number of nitrogens with zero attached hydrogens (tertiary/aromatic N) is 1. The van der Waals surface area contributed by atoms with Crippen molar-refractivity contribution in [3.8, 4) is 17.2 Å². The molecule has 3 aromatic carbocycles. The Labute approximate surface area is 219 Å². The molecule has 0 aliphatic heterocycles. The molecule has 0 saturated heterocycles. The number of rotatable bonds is 13. The number of benzene rings is 3. The molecule has 0 heterocycles. The van der Waals surface area contributed by atoms with Crippen molar-refractivity contribution in [2.24, 2.45) is 0 Å². The Morgan fingerprint density at radius 1 is 0.919 bits per heavy atom. The summed E-state index contributed by atoms with van der Waals surface area (Å²) in [6, 6.07) is 20.7. The van der Waals surface area contributed by atoms with E-state index >= 15 is 0 Å². The average molecular weight is 527 g/mol. The molecule has 0 aliphatic carbocycles. The number of ether oxygens (including phenoxy) is 3. The molecule has 0 aliphatic rings. The molecule has 0 bridgehead atoms. The van der Waals surface area contributed by atoms with Gasteiger partial charge in [0.05, 0.1) is 30.9 Å². The summed E-state index contributed by atoms with van der Waals surface area (Å²) in [4.78, 5) is 13.0. The molecule has 0 radical (unpaired) electrons. The first-order valence-corrected chi connectivity index (χ1v) is 13.5. The lowest BCUT2D eigenvalue weighted by Crippen LogP contribution is -2.41. The van der Waals surface area contributed by atoms with E-state index in [2.05, 4.69) is 5.32 Å². The van der Waals surface area contributed by atoms with Crippen molar-refractivity contribution >= 4 is 21.6 Å². The standard InChI is InChI=1S/C28H34N2O6S/c1-21(2)36-23-14-12-22(13-15-23)9-8-18-29-28(31)20-30(37(32,33)25-10-6-5-7-11-25)26-19-24(34-3)16-17-27(26)35-4/h5-7,10-17,19,21H,8-9,18,20H2,1-4H3,(H,29,31). The second-order valence-electron chi connectivity index (χ2n) is 8.63. The summed E-state index contributed by atoms with van der Waals surface area (Å²) < 4.78 is 44.6. The summed E-state index contributed by atoms with van der Waals surface area (Å²) >= 11 is 0.